The maximum Gasteiger partial charge on any atom is 0.272 e. The lowest BCUT2D eigenvalue weighted by Gasteiger charge is -2.39. The Balaban J connectivity index is 1.35. The zero-order valence-electron chi connectivity index (χ0n) is 29.8. The number of hydrogen-bond donors (Lipinski definition) is 5. The summed E-state index contributed by atoms with van der Waals surface area (Å²) in [4.78, 5) is 78.3. The van der Waals surface area contributed by atoms with Crippen LogP contribution in [0, 0.1) is 28.6 Å². The van der Waals surface area contributed by atoms with Gasteiger partial charge in [-0.25, -0.2) is 4.98 Å². The van der Waals surface area contributed by atoms with E-state index in [4.69, 9.17) is 0 Å². The first-order chi connectivity index (χ1) is 23.1. The van der Waals surface area contributed by atoms with Crippen molar-refractivity contribution >= 4 is 29.5 Å². The third-order valence-electron chi connectivity index (χ3n) is 11.1. The first-order valence-corrected chi connectivity index (χ1v) is 18.1. The van der Waals surface area contributed by atoms with Crippen molar-refractivity contribution in [3.63, 3.8) is 0 Å². The van der Waals surface area contributed by atoms with Crippen LogP contribution in [0.5, 0.6) is 0 Å². The Morgan fingerprint density at radius 3 is 2.27 bits per heavy atom. The Morgan fingerprint density at radius 2 is 1.67 bits per heavy atom. The van der Waals surface area contributed by atoms with Gasteiger partial charge in [0.05, 0.1) is 12.2 Å². The second-order valence-electron chi connectivity index (χ2n) is 16.3. The number of aliphatic hydroxyl groups excluding tert-OH is 1. The van der Waals surface area contributed by atoms with E-state index in [2.05, 4.69) is 45.1 Å². The average Bonchev–Trinajstić information content (AvgIpc) is 3.92. The third kappa shape index (κ3) is 8.24. The maximum absolute atomic E-state index is 14.6. The molecule has 0 aromatic carbocycles. The Bertz CT molecular complexity index is 1390. The molecule has 2 heterocycles. The first-order valence-electron chi connectivity index (χ1n) is 18.1. The van der Waals surface area contributed by atoms with E-state index in [-0.39, 0.29) is 40.8 Å². The average molecular weight is 682 g/mol. The highest BCUT2D eigenvalue weighted by atomic mass is 16.3. The van der Waals surface area contributed by atoms with E-state index in [1.165, 1.54) is 18.6 Å². The van der Waals surface area contributed by atoms with E-state index in [1.807, 2.05) is 27.7 Å². The van der Waals surface area contributed by atoms with Gasteiger partial charge in [-0.3, -0.25) is 29.0 Å². The lowest BCUT2D eigenvalue weighted by atomic mass is 9.82. The number of likely N-dealkylation sites (tertiary alicyclic amines) is 1. The summed E-state index contributed by atoms with van der Waals surface area (Å²) in [6.07, 6.45) is 10.1. The Hall–Kier alpha value is -3.61. The summed E-state index contributed by atoms with van der Waals surface area (Å²) in [6, 6.07) is -3.43. The quantitative estimate of drug-likeness (QED) is 0.210. The van der Waals surface area contributed by atoms with Gasteiger partial charge in [0.2, 0.25) is 17.7 Å². The molecule has 13 nitrogen and oxygen atoms in total. The number of nitrogens with zero attached hydrogens (tertiary/aromatic N) is 3. The molecule has 0 radical (unpaired) electrons. The molecule has 7 atom stereocenters. The van der Waals surface area contributed by atoms with E-state index in [9.17, 15) is 29.1 Å². The molecule has 1 aromatic heterocycles. The molecule has 3 unspecified atom stereocenters. The number of aromatic nitrogens is 2. The lowest BCUT2D eigenvalue weighted by molar-refractivity contribution is -0.146. The standard InChI is InChI=1S/C36H55N7O6/c1-7-11-23(28(44)33(48)39-21-14-15-21)40-32(47)27-25-22(36(25,5)6)19-43(27)34(49)29(35(2,3)4)42-31(46)26(20-12-9-8-10-13-20)41-30(45)24-18-37-16-17-38-24/h16-18,20-23,25-29,44H,7-15,19H2,1-6H3,(H,39,48)(H,40,47)(H,41,45)(H,42,46)/t22?,23-,25?,26-,27-,28?,29+/m0/s1. The zero-order chi connectivity index (χ0) is 35.7. The van der Waals surface area contributed by atoms with E-state index in [1.54, 1.807) is 4.90 Å². The van der Waals surface area contributed by atoms with Gasteiger partial charge in [-0.15, -0.1) is 0 Å². The Morgan fingerprint density at radius 1 is 0.980 bits per heavy atom. The minimum absolute atomic E-state index is 0.0682. The number of aliphatic hydroxyl groups is 1. The van der Waals surface area contributed by atoms with Crippen molar-refractivity contribution in [2.45, 2.75) is 136 Å². The number of piperidine rings is 1. The molecule has 49 heavy (non-hydrogen) atoms. The van der Waals surface area contributed by atoms with E-state index in [0.717, 1.165) is 44.9 Å². The number of carbonyl (C=O) groups excluding carboxylic acids is 5. The summed E-state index contributed by atoms with van der Waals surface area (Å²) in [5, 5.41) is 22.6. The van der Waals surface area contributed by atoms with Crippen LogP contribution >= 0.6 is 0 Å². The fourth-order valence-electron chi connectivity index (χ4n) is 7.94. The summed E-state index contributed by atoms with van der Waals surface area (Å²) in [7, 11) is 0. The highest BCUT2D eigenvalue weighted by molar-refractivity contribution is 5.98. The summed E-state index contributed by atoms with van der Waals surface area (Å²) in [5.41, 5.74) is -0.800. The van der Waals surface area contributed by atoms with E-state index >= 15 is 0 Å². The van der Waals surface area contributed by atoms with Crippen molar-refractivity contribution in [3.05, 3.63) is 24.3 Å². The van der Waals surface area contributed by atoms with Crippen molar-refractivity contribution in [1.82, 2.24) is 36.1 Å². The van der Waals surface area contributed by atoms with Crippen LogP contribution in [0.2, 0.25) is 0 Å². The van der Waals surface area contributed by atoms with Crippen molar-refractivity contribution in [1.29, 1.82) is 0 Å². The molecule has 4 aliphatic rings. The molecule has 5 rings (SSSR count). The van der Waals surface area contributed by atoms with Gasteiger partial charge in [0.15, 0.2) is 6.10 Å². The lowest BCUT2D eigenvalue weighted by Crippen LogP contribution is -2.63. The largest absolute Gasteiger partial charge is 0.381 e. The number of fused-ring (bicyclic) bond motifs is 1. The molecular weight excluding hydrogens is 626 g/mol. The molecule has 3 aliphatic carbocycles. The predicted molar refractivity (Wildman–Crippen MR) is 182 cm³/mol. The normalized spacial score (nSPS) is 25.6. The van der Waals surface area contributed by atoms with Gasteiger partial charge in [0.1, 0.15) is 23.8 Å². The van der Waals surface area contributed by atoms with Gasteiger partial charge >= 0.3 is 0 Å². The second-order valence-corrected chi connectivity index (χ2v) is 16.3. The van der Waals surface area contributed by atoms with Crippen LogP contribution in [0.4, 0.5) is 0 Å². The molecule has 1 aromatic rings. The Labute approximate surface area is 289 Å². The van der Waals surface area contributed by atoms with E-state index in [0.29, 0.717) is 19.4 Å². The SMILES string of the molecule is CCC[C@H](NC(=O)[C@@H]1C2C(CN1C(=O)[C@@H](NC(=O)[C@@H](NC(=O)c1cnccn1)C1CCCCC1)C(C)(C)C)C2(C)C)C(O)C(=O)NC1CC1. The molecule has 13 heteroatoms. The van der Waals surface area contributed by atoms with Crippen LogP contribution in [0.1, 0.15) is 110 Å². The van der Waals surface area contributed by atoms with Crippen molar-refractivity contribution in [2.24, 2.45) is 28.6 Å². The topological polar surface area (TPSA) is 183 Å². The van der Waals surface area contributed by atoms with Crippen LogP contribution in [0.15, 0.2) is 18.6 Å². The number of hydrogen-bond acceptors (Lipinski definition) is 8. The molecule has 1 saturated heterocycles. The minimum atomic E-state index is -1.41. The van der Waals surface area contributed by atoms with Crippen molar-refractivity contribution in [3.8, 4) is 0 Å². The second kappa shape index (κ2) is 14.7. The number of nitrogens with one attached hydrogen (secondary N) is 4. The maximum atomic E-state index is 14.6. The van der Waals surface area contributed by atoms with Gasteiger partial charge in [0, 0.05) is 25.0 Å². The molecule has 4 fully saturated rings. The molecule has 5 amide bonds. The summed E-state index contributed by atoms with van der Waals surface area (Å²) in [6.45, 7) is 12.0. The van der Waals surface area contributed by atoms with Crippen LogP contribution in [-0.4, -0.2) is 92.4 Å². The minimum Gasteiger partial charge on any atom is -0.381 e. The molecule has 1 aliphatic heterocycles. The fourth-order valence-corrected chi connectivity index (χ4v) is 7.94. The van der Waals surface area contributed by atoms with Crippen LogP contribution in [-0.2, 0) is 19.2 Å². The zero-order valence-corrected chi connectivity index (χ0v) is 29.8. The molecule has 3 saturated carbocycles. The van der Waals surface area contributed by atoms with Gasteiger partial charge < -0.3 is 31.3 Å². The number of carbonyl (C=O) groups is 5. The number of amides is 5. The fraction of sp³-hybridized carbons (Fsp3) is 0.750. The van der Waals surface area contributed by atoms with Gasteiger partial charge in [-0.2, -0.15) is 0 Å². The van der Waals surface area contributed by atoms with Gasteiger partial charge in [-0.1, -0.05) is 67.2 Å². The van der Waals surface area contributed by atoms with Crippen molar-refractivity contribution < 1.29 is 29.1 Å². The highest BCUT2D eigenvalue weighted by Gasteiger charge is 2.70. The first kappa shape index (κ1) is 36.7. The molecule has 5 N–H and O–H groups in total. The molecule has 0 bridgehead atoms. The van der Waals surface area contributed by atoms with Gasteiger partial charge in [0.25, 0.3) is 11.8 Å². The molecule has 0 spiro atoms. The Kier molecular flexibility index (Phi) is 11.0. The van der Waals surface area contributed by atoms with Crippen LogP contribution < -0.4 is 21.3 Å². The summed E-state index contributed by atoms with van der Waals surface area (Å²) >= 11 is 0. The smallest absolute Gasteiger partial charge is 0.272 e. The van der Waals surface area contributed by atoms with Crippen molar-refractivity contribution in [2.75, 3.05) is 6.54 Å². The molecule has 270 valence electrons. The highest BCUT2D eigenvalue weighted by Crippen LogP contribution is 2.65. The summed E-state index contributed by atoms with van der Waals surface area (Å²) in [5.74, 6) is -2.35. The van der Waals surface area contributed by atoms with Gasteiger partial charge in [-0.05, 0) is 60.7 Å². The van der Waals surface area contributed by atoms with E-state index < -0.39 is 59.3 Å². The number of rotatable bonds is 13. The summed E-state index contributed by atoms with van der Waals surface area (Å²) < 4.78 is 0. The third-order valence-corrected chi connectivity index (χ3v) is 11.1. The monoisotopic (exact) mass is 681 g/mol. The predicted octanol–water partition coefficient (Wildman–Crippen LogP) is 2.09. The van der Waals surface area contributed by atoms with Crippen LogP contribution in [0.25, 0.3) is 0 Å². The van der Waals surface area contributed by atoms with Crippen LogP contribution in [0.3, 0.4) is 0 Å². The molecular formula is C36H55N7O6.